The second kappa shape index (κ2) is 6.59. The van der Waals surface area contributed by atoms with Crippen LogP contribution in [0.4, 0.5) is 0 Å². The van der Waals surface area contributed by atoms with Crippen LogP contribution in [0, 0.1) is 11.8 Å². The first-order valence-electron chi connectivity index (χ1n) is 6.28. The lowest BCUT2D eigenvalue weighted by atomic mass is 9.96. The molecule has 0 radical (unpaired) electrons. The van der Waals surface area contributed by atoms with Gasteiger partial charge >= 0.3 is 0 Å². The molecule has 0 saturated carbocycles. The largest absolute Gasteiger partial charge is 0.359 e. The Hall–Kier alpha value is -1.10. The van der Waals surface area contributed by atoms with Crippen LogP contribution < -0.4 is 11.1 Å². The van der Waals surface area contributed by atoms with Gasteiger partial charge in [0.15, 0.2) is 0 Å². The maximum atomic E-state index is 12.0. The number of carbonyl (C=O) groups excluding carboxylic acids is 2. The Kier molecular flexibility index (Phi) is 5.41. The van der Waals surface area contributed by atoms with Gasteiger partial charge in [-0.3, -0.25) is 9.59 Å². The van der Waals surface area contributed by atoms with Crippen LogP contribution in [0.5, 0.6) is 0 Å². The highest BCUT2D eigenvalue weighted by Crippen LogP contribution is 2.18. The molecular weight excluding hydrogens is 218 g/mol. The van der Waals surface area contributed by atoms with Crippen molar-refractivity contribution >= 4 is 11.8 Å². The van der Waals surface area contributed by atoms with E-state index in [1.165, 1.54) is 0 Å². The molecule has 2 unspecified atom stereocenters. The van der Waals surface area contributed by atoms with E-state index in [9.17, 15) is 9.59 Å². The number of hydrogen-bond acceptors (Lipinski definition) is 3. The van der Waals surface area contributed by atoms with Crippen LogP contribution in [0.15, 0.2) is 0 Å². The summed E-state index contributed by atoms with van der Waals surface area (Å²) in [5, 5.41) is 2.65. The fourth-order valence-electron chi connectivity index (χ4n) is 2.13. The molecule has 1 heterocycles. The van der Waals surface area contributed by atoms with Crippen LogP contribution in [0.25, 0.3) is 0 Å². The van der Waals surface area contributed by atoms with Crippen molar-refractivity contribution in [3.8, 4) is 0 Å². The molecule has 0 bridgehead atoms. The van der Waals surface area contributed by atoms with Gasteiger partial charge in [0.05, 0.1) is 5.92 Å². The quantitative estimate of drug-likeness (QED) is 0.725. The van der Waals surface area contributed by atoms with E-state index in [2.05, 4.69) is 5.32 Å². The van der Waals surface area contributed by atoms with E-state index in [1.54, 1.807) is 11.9 Å². The molecule has 3 N–H and O–H groups in total. The molecule has 17 heavy (non-hydrogen) atoms. The molecule has 0 aliphatic carbocycles. The van der Waals surface area contributed by atoms with Crippen molar-refractivity contribution in [1.82, 2.24) is 10.2 Å². The number of carbonyl (C=O) groups is 2. The maximum absolute atomic E-state index is 12.0. The van der Waals surface area contributed by atoms with Crippen LogP contribution in [0.1, 0.15) is 26.2 Å². The van der Waals surface area contributed by atoms with Crippen molar-refractivity contribution in [2.45, 2.75) is 26.2 Å². The van der Waals surface area contributed by atoms with E-state index in [0.29, 0.717) is 19.5 Å². The lowest BCUT2D eigenvalue weighted by Gasteiger charge is -2.32. The lowest BCUT2D eigenvalue weighted by Crippen LogP contribution is -2.45. The number of hydrogen-bond donors (Lipinski definition) is 2. The molecule has 1 rings (SSSR count). The average Bonchev–Trinajstić information content (AvgIpc) is 2.37. The first kappa shape index (κ1) is 14.0. The summed E-state index contributed by atoms with van der Waals surface area (Å²) in [5.74, 6) is 0.319. The fraction of sp³-hybridized carbons (Fsp3) is 0.833. The van der Waals surface area contributed by atoms with Gasteiger partial charge in [-0.25, -0.2) is 0 Å². The third-order valence-corrected chi connectivity index (χ3v) is 3.32. The molecule has 0 aromatic carbocycles. The first-order chi connectivity index (χ1) is 8.08. The van der Waals surface area contributed by atoms with E-state index >= 15 is 0 Å². The molecule has 1 fully saturated rings. The summed E-state index contributed by atoms with van der Waals surface area (Å²) in [7, 11) is 1.64. The number of amides is 2. The van der Waals surface area contributed by atoms with Gasteiger partial charge < -0.3 is 16.0 Å². The van der Waals surface area contributed by atoms with Gasteiger partial charge in [0, 0.05) is 26.6 Å². The second-order valence-electron chi connectivity index (χ2n) is 4.84. The monoisotopic (exact) mass is 241 g/mol. The lowest BCUT2D eigenvalue weighted by molar-refractivity contribution is -0.136. The minimum atomic E-state index is -0.0501. The van der Waals surface area contributed by atoms with Gasteiger partial charge in [-0.15, -0.1) is 0 Å². The average molecular weight is 241 g/mol. The van der Waals surface area contributed by atoms with Gasteiger partial charge in [0.25, 0.3) is 0 Å². The Labute approximate surface area is 103 Å². The van der Waals surface area contributed by atoms with E-state index < -0.39 is 0 Å². The molecule has 1 saturated heterocycles. The Morgan fingerprint density at radius 2 is 2.24 bits per heavy atom. The normalized spacial score (nSPS) is 22.1. The Bertz CT molecular complexity index is 281. The van der Waals surface area contributed by atoms with E-state index in [4.69, 9.17) is 5.73 Å². The first-order valence-corrected chi connectivity index (χ1v) is 6.28. The Morgan fingerprint density at radius 1 is 1.53 bits per heavy atom. The zero-order valence-electron chi connectivity index (χ0n) is 10.7. The van der Waals surface area contributed by atoms with Gasteiger partial charge in [-0.1, -0.05) is 6.92 Å². The molecule has 5 nitrogen and oxygen atoms in total. The van der Waals surface area contributed by atoms with Crippen LogP contribution in [-0.2, 0) is 9.59 Å². The smallest absolute Gasteiger partial charge is 0.224 e. The topological polar surface area (TPSA) is 75.4 Å². The molecular formula is C12H23N3O2. The standard InChI is InChI=1S/C12H23N3O2/c1-9(7-13)6-11(16)15-5-3-4-10(8-15)12(17)14-2/h9-10H,3-8,13H2,1-2H3,(H,14,17). The van der Waals surface area contributed by atoms with Crippen LogP contribution in [0.2, 0.25) is 0 Å². The molecule has 2 atom stereocenters. The number of likely N-dealkylation sites (tertiary alicyclic amines) is 1. The predicted octanol–water partition coefficient (Wildman–Crippen LogP) is -0.0441. The van der Waals surface area contributed by atoms with Crippen molar-refractivity contribution < 1.29 is 9.59 Å². The Morgan fingerprint density at radius 3 is 2.82 bits per heavy atom. The highest BCUT2D eigenvalue weighted by atomic mass is 16.2. The summed E-state index contributed by atoms with van der Waals surface area (Å²) in [6.07, 6.45) is 2.26. The second-order valence-corrected chi connectivity index (χ2v) is 4.84. The van der Waals surface area contributed by atoms with Crippen molar-refractivity contribution in [3.05, 3.63) is 0 Å². The highest BCUT2D eigenvalue weighted by Gasteiger charge is 2.27. The molecule has 2 amide bonds. The Balaban J connectivity index is 2.48. The zero-order chi connectivity index (χ0) is 12.8. The number of nitrogens with two attached hydrogens (primary N) is 1. The predicted molar refractivity (Wildman–Crippen MR) is 66.2 cm³/mol. The van der Waals surface area contributed by atoms with E-state index in [-0.39, 0.29) is 23.7 Å². The van der Waals surface area contributed by atoms with E-state index in [1.807, 2.05) is 6.92 Å². The fourth-order valence-corrected chi connectivity index (χ4v) is 2.13. The van der Waals surface area contributed by atoms with Gasteiger partial charge in [0.1, 0.15) is 0 Å². The minimum absolute atomic E-state index is 0.0365. The highest BCUT2D eigenvalue weighted by molar-refractivity contribution is 5.81. The number of nitrogens with zero attached hydrogens (tertiary/aromatic N) is 1. The molecule has 0 aromatic heterocycles. The van der Waals surface area contributed by atoms with Crippen molar-refractivity contribution in [3.63, 3.8) is 0 Å². The van der Waals surface area contributed by atoms with Crippen LogP contribution >= 0.6 is 0 Å². The van der Waals surface area contributed by atoms with E-state index in [0.717, 1.165) is 19.4 Å². The number of piperidine rings is 1. The summed E-state index contributed by atoms with van der Waals surface area (Å²) in [5.41, 5.74) is 5.51. The minimum Gasteiger partial charge on any atom is -0.359 e. The molecule has 1 aliphatic heterocycles. The van der Waals surface area contributed by atoms with Crippen molar-refractivity contribution in [2.24, 2.45) is 17.6 Å². The third-order valence-electron chi connectivity index (χ3n) is 3.32. The van der Waals surface area contributed by atoms with Gasteiger partial charge in [0.2, 0.25) is 11.8 Å². The molecule has 0 aromatic rings. The van der Waals surface area contributed by atoms with Gasteiger partial charge in [-0.05, 0) is 25.3 Å². The van der Waals surface area contributed by atoms with Gasteiger partial charge in [-0.2, -0.15) is 0 Å². The third kappa shape index (κ3) is 4.00. The number of rotatable bonds is 4. The molecule has 1 aliphatic rings. The van der Waals surface area contributed by atoms with Crippen molar-refractivity contribution in [2.75, 3.05) is 26.7 Å². The maximum Gasteiger partial charge on any atom is 0.224 e. The number of nitrogens with one attached hydrogen (secondary N) is 1. The molecule has 98 valence electrons. The SMILES string of the molecule is CNC(=O)C1CCCN(C(=O)CC(C)CN)C1. The summed E-state index contributed by atoms with van der Waals surface area (Å²) in [6, 6.07) is 0. The summed E-state index contributed by atoms with van der Waals surface area (Å²) in [6.45, 7) is 3.82. The van der Waals surface area contributed by atoms with Crippen LogP contribution in [0.3, 0.4) is 0 Å². The van der Waals surface area contributed by atoms with Crippen LogP contribution in [-0.4, -0.2) is 43.4 Å². The zero-order valence-corrected chi connectivity index (χ0v) is 10.7. The molecule has 5 heteroatoms. The van der Waals surface area contributed by atoms with Crippen molar-refractivity contribution in [1.29, 1.82) is 0 Å². The summed E-state index contributed by atoms with van der Waals surface area (Å²) >= 11 is 0. The summed E-state index contributed by atoms with van der Waals surface area (Å²) < 4.78 is 0. The molecule has 0 spiro atoms. The summed E-state index contributed by atoms with van der Waals surface area (Å²) in [4.78, 5) is 25.3.